The number of hydrogen-bond acceptors (Lipinski definition) is 0. The van der Waals surface area contributed by atoms with Crippen molar-refractivity contribution in [2.75, 3.05) is 0 Å². The zero-order chi connectivity index (χ0) is 17.5. The van der Waals surface area contributed by atoms with Crippen LogP contribution in [0.4, 0.5) is 0 Å². The van der Waals surface area contributed by atoms with Crippen LogP contribution in [0.25, 0.3) is 0 Å². The minimum atomic E-state index is 0.818. The summed E-state index contributed by atoms with van der Waals surface area (Å²) in [6.45, 7) is 6.15. The summed E-state index contributed by atoms with van der Waals surface area (Å²) < 4.78 is 0. The normalized spacial score (nSPS) is 40.5. The summed E-state index contributed by atoms with van der Waals surface area (Å²) in [7, 11) is 0. The molecule has 0 heteroatoms. The molecule has 0 nitrogen and oxygen atoms in total. The van der Waals surface area contributed by atoms with Crippen LogP contribution in [0.15, 0.2) is 37.0 Å². The van der Waals surface area contributed by atoms with Gasteiger partial charge in [0.15, 0.2) is 0 Å². The van der Waals surface area contributed by atoms with Gasteiger partial charge in [-0.2, -0.15) is 0 Å². The van der Waals surface area contributed by atoms with Crippen molar-refractivity contribution in [1.82, 2.24) is 0 Å². The van der Waals surface area contributed by atoms with E-state index in [9.17, 15) is 0 Å². The van der Waals surface area contributed by atoms with Gasteiger partial charge < -0.3 is 0 Å². The van der Waals surface area contributed by atoms with E-state index in [-0.39, 0.29) is 0 Å². The molecule has 0 bridgehead atoms. The number of rotatable bonds is 5. The van der Waals surface area contributed by atoms with E-state index in [1.807, 2.05) is 0 Å². The molecule has 3 rings (SSSR count). The van der Waals surface area contributed by atoms with Crippen LogP contribution in [-0.4, -0.2) is 0 Å². The molecule has 0 atom stereocenters. The van der Waals surface area contributed by atoms with Crippen molar-refractivity contribution in [3.8, 4) is 0 Å². The number of allylic oxidation sites excluding steroid dienone is 5. The van der Waals surface area contributed by atoms with Crippen LogP contribution >= 0.6 is 0 Å². The second-order valence-electron chi connectivity index (χ2n) is 9.17. The van der Waals surface area contributed by atoms with E-state index in [1.165, 1.54) is 77.0 Å². The smallest absolute Gasteiger partial charge is 0.0233 e. The van der Waals surface area contributed by atoms with Gasteiger partial charge in [-0.1, -0.05) is 30.4 Å². The van der Waals surface area contributed by atoms with Crippen LogP contribution in [0, 0.1) is 35.5 Å². The molecule has 3 fully saturated rings. The zero-order valence-electron chi connectivity index (χ0n) is 16.5. The van der Waals surface area contributed by atoms with Gasteiger partial charge in [0.1, 0.15) is 0 Å². The molecule has 25 heavy (non-hydrogen) atoms. The third-order valence-electron chi connectivity index (χ3n) is 7.57. The second-order valence-corrected chi connectivity index (χ2v) is 9.17. The summed E-state index contributed by atoms with van der Waals surface area (Å²) in [4.78, 5) is 0. The third kappa shape index (κ3) is 5.60. The molecule has 0 saturated heterocycles. The summed E-state index contributed by atoms with van der Waals surface area (Å²) in [6, 6.07) is 0. The SMILES string of the molecule is C=CC1CCC(C2CCC(C=CC3CCC(C=CC)CC3)CC2)CC1. The van der Waals surface area contributed by atoms with Crippen molar-refractivity contribution in [3.63, 3.8) is 0 Å². The van der Waals surface area contributed by atoms with E-state index in [0.29, 0.717) is 0 Å². The number of hydrogen-bond donors (Lipinski definition) is 0. The molecule has 0 N–H and O–H groups in total. The highest BCUT2D eigenvalue weighted by Crippen LogP contribution is 2.42. The van der Waals surface area contributed by atoms with Gasteiger partial charge in [0.2, 0.25) is 0 Å². The van der Waals surface area contributed by atoms with Crippen LogP contribution in [0.2, 0.25) is 0 Å². The largest absolute Gasteiger partial charge is 0.103 e. The van der Waals surface area contributed by atoms with Gasteiger partial charge in [-0.15, -0.1) is 6.58 Å². The lowest BCUT2D eigenvalue weighted by Gasteiger charge is -2.37. The van der Waals surface area contributed by atoms with E-state index in [1.54, 1.807) is 0 Å². The summed E-state index contributed by atoms with van der Waals surface area (Å²) >= 11 is 0. The first kappa shape index (κ1) is 19.0. The Morgan fingerprint density at radius 1 is 0.520 bits per heavy atom. The minimum Gasteiger partial charge on any atom is -0.103 e. The van der Waals surface area contributed by atoms with Gasteiger partial charge >= 0.3 is 0 Å². The Morgan fingerprint density at radius 2 is 0.880 bits per heavy atom. The topological polar surface area (TPSA) is 0 Å². The van der Waals surface area contributed by atoms with Crippen molar-refractivity contribution in [2.45, 2.75) is 84.0 Å². The average Bonchev–Trinajstić information content (AvgIpc) is 2.68. The van der Waals surface area contributed by atoms with Crippen molar-refractivity contribution in [1.29, 1.82) is 0 Å². The Bertz CT molecular complexity index is 433. The maximum absolute atomic E-state index is 3.99. The lowest BCUT2D eigenvalue weighted by Crippen LogP contribution is -2.25. The van der Waals surface area contributed by atoms with E-state index in [4.69, 9.17) is 0 Å². The van der Waals surface area contributed by atoms with Crippen LogP contribution in [-0.2, 0) is 0 Å². The van der Waals surface area contributed by atoms with E-state index < -0.39 is 0 Å². The summed E-state index contributed by atoms with van der Waals surface area (Å²) in [5.74, 6) is 5.50. The fourth-order valence-electron chi connectivity index (χ4n) is 5.78. The van der Waals surface area contributed by atoms with Crippen LogP contribution < -0.4 is 0 Å². The van der Waals surface area contributed by atoms with Gasteiger partial charge in [0.25, 0.3) is 0 Å². The first-order valence-corrected chi connectivity index (χ1v) is 11.2. The molecule has 3 aliphatic carbocycles. The van der Waals surface area contributed by atoms with Crippen molar-refractivity contribution < 1.29 is 0 Å². The molecular formula is C25H40. The Kier molecular flexibility index (Phi) is 7.44. The average molecular weight is 341 g/mol. The molecule has 3 saturated carbocycles. The molecule has 0 aromatic heterocycles. The molecule has 0 heterocycles. The Labute approximate surface area is 156 Å². The molecule has 0 aliphatic heterocycles. The monoisotopic (exact) mass is 340 g/mol. The lowest BCUT2D eigenvalue weighted by molar-refractivity contribution is 0.166. The molecular weight excluding hydrogens is 300 g/mol. The van der Waals surface area contributed by atoms with Gasteiger partial charge in [-0.25, -0.2) is 0 Å². The van der Waals surface area contributed by atoms with Crippen LogP contribution in [0.1, 0.15) is 84.0 Å². The molecule has 0 amide bonds. The Morgan fingerprint density at radius 3 is 1.28 bits per heavy atom. The van der Waals surface area contributed by atoms with Crippen LogP contribution in [0.5, 0.6) is 0 Å². The fraction of sp³-hybridized carbons (Fsp3) is 0.760. The molecule has 3 aliphatic rings. The van der Waals surface area contributed by atoms with Crippen molar-refractivity contribution in [2.24, 2.45) is 35.5 Å². The molecule has 140 valence electrons. The van der Waals surface area contributed by atoms with Crippen molar-refractivity contribution in [3.05, 3.63) is 37.0 Å². The van der Waals surface area contributed by atoms with Gasteiger partial charge in [-0.3, -0.25) is 0 Å². The van der Waals surface area contributed by atoms with Crippen LogP contribution in [0.3, 0.4) is 0 Å². The van der Waals surface area contributed by atoms with E-state index in [2.05, 4.69) is 43.9 Å². The molecule has 0 unspecified atom stereocenters. The summed E-state index contributed by atoms with van der Waals surface area (Å²) in [6.07, 6.45) is 29.3. The highest BCUT2D eigenvalue weighted by atomic mass is 14.3. The molecule has 0 aromatic rings. The third-order valence-corrected chi connectivity index (χ3v) is 7.57. The van der Waals surface area contributed by atoms with Gasteiger partial charge in [-0.05, 0) is 119 Å². The van der Waals surface area contributed by atoms with E-state index >= 15 is 0 Å². The van der Waals surface area contributed by atoms with Crippen molar-refractivity contribution >= 4 is 0 Å². The molecule has 0 aromatic carbocycles. The highest BCUT2D eigenvalue weighted by molar-refractivity contribution is 4.99. The second kappa shape index (κ2) is 9.79. The molecule has 0 radical (unpaired) electrons. The fourth-order valence-corrected chi connectivity index (χ4v) is 5.78. The first-order chi connectivity index (χ1) is 12.3. The zero-order valence-corrected chi connectivity index (χ0v) is 16.5. The maximum atomic E-state index is 3.99. The standard InChI is InChI=1S/C25H40/c1-3-5-21-6-8-22(9-7-21)10-11-23-14-18-25(19-15-23)24-16-12-20(4-2)13-17-24/h3-5,10-11,20-25H,2,6-9,12-19H2,1H3. The predicted molar refractivity (Wildman–Crippen MR) is 110 cm³/mol. The lowest BCUT2D eigenvalue weighted by atomic mass is 9.69. The maximum Gasteiger partial charge on any atom is -0.0233 e. The predicted octanol–water partition coefficient (Wildman–Crippen LogP) is 7.72. The van der Waals surface area contributed by atoms with Gasteiger partial charge in [0, 0.05) is 0 Å². The highest BCUT2D eigenvalue weighted by Gasteiger charge is 2.29. The quantitative estimate of drug-likeness (QED) is 0.449. The van der Waals surface area contributed by atoms with E-state index in [0.717, 1.165) is 35.5 Å². The molecule has 0 spiro atoms. The first-order valence-electron chi connectivity index (χ1n) is 11.2. The van der Waals surface area contributed by atoms with Gasteiger partial charge in [0.05, 0.1) is 0 Å². The Hall–Kier alpha value is -0.780. The Balaban J connectivity index is 1.36. The summed E-state index contributed by atoms with van der Waals surface area (Å²) in [5.41, 5.74) is 0. The minimum absolute atomic E-state index is 0.818. The summed E-state index contributed by atoms with van der Waals surface area (Å²) in [5, 5.41) is 0.